The van der Waals surface area contributed by atoms with Crippen LogP contribution in [0.1, 0.15) is 37.4 Å². The van der Waals surface area contributed by atoms with E-state index < -0.39 is 5.60 Å². The molecule has 1 aromatic heterocycles. The van der Waals surface area contributed by atoms with Gasteiger partial charge in [-0.15, -0.1) is 0 Å². The van der Waals surface area contributed by atoms with Crippen LogP contribution in [0.25, 0.3) is 0 Å². The van der Waals surface area contributed by atoms with Gasteiger partial charge in [0.05, 0.1) is 36.8 Å². The lowest BCUT2D eigenvalue weighted by Gasteiger charge is -2.26. The van der Waals surface area contributed by atoms with Gasteiger partial charge in [0.2, 0.25) is 5.91 Å². The summed E-state index contributed by atoms with van der Waals surface area (Å²) in [5.41, 5.74) is 2.77. The minimum absolute atomic E-state index is 0.0890. The molecule has 0 saturated carbocycles. The van der Waals surface area contributed by atoms with Crippen LogP contribution in [-0.2, 0) is 9.63 Å². The Labute approximate surface area is 259 Å². The van der Waals surface area contributed by atoms with Crippen LogP contribution < -0.4 is 25.3 Å². The van der Waals surface area contributed by atoms with Gasteiger partial charge in [0.25, 0.3) is 0 Å². The van der Waals surface area contributed by atoms with Gasteiger partial charge in [-0.2, -0.15) is 0 Å². The van der Waals surface area contributed by atoms with Crippen molar-refractivity contribution in [1.29, 1.82) is 0 Å². The van der Waals surface area contributed by atoms with Gasteiger partial charge in [0.1, 0.15) is 23.5 Å². The third kappa shape index (κ3) is 8.48. The van der Waals surface area contributed by atoms with E-state index in [0.29, 0.717) is 35.4 Å². The fourth-order valence-electron chi connectivity index (χ4n) is 4.63. The SMILES string of the molecule is C=CC(=O)Nc1cc(Nc2cc(N3OCC[C@@H]3c3cccc(C#CC(C)(C)O)c3)ncn2)c(OC)cc1N(C)CCN(C)C. The van der Waals surface area contributed by atoms with Gasteiger partial charge >= 0.3 is 0 Å². The number of hydrogen-bond donors (Lipinski definition) is 3. The van der Waals surface area contributed by atoms with E-state index in [0.717, 1.165) is 36.3 Å². The average molecular weight is 600 g/mol. The monoisotopic (exact) mass is 599 g/mol. The second-order valence-corrected chi connectivity index (χ2v) is 11.3. The Kier molecular flexibility index (Phi) is 10.4. The number of hydrogen-bond acceptors (Lipinski definition) is 10. The number of anilines is 5. The number of rotatable bonds is 11. The zero-order valence-electron chi connectivity index (χ0n) is 26.2. The molecule has 3 aromatic rings. The Morgan fingerprint density at radius 2 is 2.00 bits per heavy atom. The molecule has 11 heteroatoms. The smallest absolute Gasteiger partial charge is 0.247 e. The van der Waals surface area contributed by atoms with Gasteiger partial charge in [-0.3, -0.25) is 9.63 Å². The highest BCUT2D eigenvalue weighted by molar-refractivity contribution is 6.02. The number of aliphatic hydroxyl groups is 1. The van der Waals surface area contributed by atoms with E-state index in [1.807, 2.05) is 57.5 Å². The lowest BCUT2D eigenvalue weighted by Crippen LogP contribution is -2.29. The van der Waals surface area contributed by atoms with E-state index >= 15 is 0 Å². The largest absolute Gasteiger partial charge is 0.494 e. The summed E-state index contributed by atoms with van der Waals surface area (Å²) >= 11 is 0. The highest BCUT2D eigenvalue weighted by Gasteiger charge is 2.29. The molecule has 4 rings (SSSR count). The molecule has 1 amide bonds. The number of ether oxygens (including phenoxy) is 1. The van der Waals surface area contributed by atoms with Crippen LogP contribution in [0.4, 0.5) is 28.7 Å². The van der Waals surface area contributed by atoms with Crippen LogP contribution in [0.3, 0.4) is 0 Å². The van der Waals surface area contributed by atoms with Gasteiger partial charge < -0.3 is 30.3 Å². The molecule has 2 aromatic carbocycles. The summed E-state index contributed by atoms with van der Waals surface area (Å²) < 4.78 is 5.74. The van der Waals surface area contributed by atoms with Crippen molar-refractivity contribution in [3.63, 3.8) is 0 Å². The third-order valence-electron chi connectivity index (χ3n) is 6.89. The number of likely N-dealkylation sites (N-methyl/N-ethyl adjacent to an activating group) is 2. The van der Waals surface area contributed by atoms with Crippen LogP contribution in [0.5, 0.6) is 5.75 Å². The van der Waals surface area contributed by atoms with Crippen LogP contribution in [-0.4, -0.2) is 79.4 Å². The molecule has 0 bridgehead atoms. The fourth-order valence-corrected chi connectivity index (χ4v) is 4.63. The number of nitrogens with zero attached hydrogens (tertiary/aromatic N) is 5. The zero-order valence-corrected chi connectivity index (χ0v) is 26.2. The molecule has 1 saturated heterocycles. The number of nitrogens with one attached hydrogen (secondary N) is 2. The summed E-state index contributed by atoms with van der Waals surface area (Å²) in [5.74, 6) is 7.27. The van der Waals surface area contributed by atoms with E-state index in [9.17, 15) is 9.90 Å². The molecule has 11 nitrogen and oxygen atoms in total. The molecule has 232 valence electrons. The predicted octanol–water partition coefficient (Wildman–Crippen LogP) is 4.36. The van der Waals surface area contributed by atoms with Crippen molar-refractivity contribution in [3.05, 3.63) is 72.6 Å². The summed E-state index contributed by atoms with van der Waals surface area (Å²) in [6, 6.07) is 13.3. The van der Waals surface area contributed by atoms with Crippen LogP contribution >= 0.6 is 0 Å². The number of carbonyl (C=O) groups excluding carboxylic acids is 1. The molecule has 1 aliphatic rings. The first kappa shape index (κ1) is 32.3. The van der Waals surface area contributed by atoms with Gasteiger partial charge in [-0.25, -0.2) is 15.0 Å². The van der Waals surface area contributed by atoms with Gasteiger partial charge in [-0.05, 0) is 57.8 Å². The van der Waals surface area contributed by atoms with E-state index in [2.05, 4.69) is 48.8 Å². The normalized spacial score (nSPS) is 14.5. The molecule has 0 aliphatic carbocycles. The predicted molar refractivity (Wildman–Crippen MR) is 174 cm³/mol. The molecule has 1 atom stereocenters. The number of hydroxylamine groups is 1. The number of aromatic nitrogens is 2. The zero-order chi connectivity index (χ0) is 31.9. The Balaban J connectivity index is 1.62. The standard InChI is InChI=1S/C33H41N7O4/c1-8-32(41)37-25-19-26(29(43-7)20-28(25)39(6)16-15-38(4)5)36-30-21-31(35-22-34-30)40-27(13-17-44-40)24-11-9-10-23(18-24)12-14-33(2,3)42/h8-11,18-22,27,42H,1,13,15-17H2,2-7H3,(H,37,41)(H,34,35,36)/t27-/m1/s1. The van der Waals surface area contributed by atoms with Crippen molar-refractivity contribution >= 4 is 34.6 Å². The fraction of sp³-hybridized carbons (Fsp3) is 0.364. The summed E-state index contributed by atoms with van der Waals surface area (Å²) in [6.07, 6.45) is 3.47. The molecule has 1 aliphatic heterocycles. The summed E-state index contributed by atoms with van der Waals surface area (Å²) in [5, 5.41) is 18.0. The van der Waals surface area contributed by atoms with E-state index in [4.69, 9.17) is 9.57 Å². The third-order valence-corrected chi connectivity index (χ3v) is 6.89. The summed E-state index contributed by atoms with van der Waals surface area (Å²) in [4.78, 5) is 31.4. The second kappa shape index (κ2) is 14.2. The van der Waals surface area contributed by atoms with Gasteiger partial charge in [-0.1, -0.05) is 30.6 Å². The van der Waals surface area contributed by atoms with E-state index in [-0.39, 0.29) is 11.9 Å². The number of methoxy groups -OCH3 is 1. The maximum atomic E-state index is 12.3. The van der Waals surface area contributed by atoms with Crippen LogP contribution in [0, 0.1) is 11.8 Å². The van der Waals surface area contributed by atoms with Crippen molar-refractivity contribution in [2.24, 2.45) is 0 Å². The Morgan fingerprint density at radius 1 is 1.20 bits per heavy atom. The molecule has 3 N–H and O–H groups in total. The van der Waals surface area contributed by atoms with Crippen molar-refractivity contribution in [3.8, 4) is 17.6 Å². The maximum Gasteiger partial charge on any atom is 0.247 e. The molecular weight excluding hydrogens is 558 g/mol. The minimum atomic E-state index is -1.08. The van der Waals surface area contributed by atoms with Gasteiger partial charge in [0.15, 0.2) is 5.82 Å². The molecule has 44 heavy (non-hydrogen) atoms. The number of amides is 1. The number of carbonyl (C=O) groups is 1. The summed E-state index contributed by atoms with van der Waals surface area (Å²) in [7, 11) is 7.59. The van der Waals surface area contributed by atoms with Gasteiger partial charge in [0, 0.05) is 44.3 Å². The topological polar surface area (TPSA) is 115 Å². The van der Waals surface area contributed by atoms with Crippen LogP contribution in [0.15, 0.2) is 61.4 Å². The van der Waals surface area contributed by atoms with Crippen LogP contribution in [0.2, 0.25) is 0 Å². The Bertz CT molecular complexity index is 1540. The number of benzene rings is 2. The maximum absolute atomic E-state index is 12.3. The Morgan fingerprint density at radius 3 is 2.70 bits per heavy atom. The lowest BCUT2D eigenvalue weighted by atomic mass is 10.0. The molecule has 0 radical (unpaired) electrons. The first-order chi connectivity index (χ1) is 21.0. The van der Waals surface area contributed by atoms with Crippen molar-refractivity contribution in [2.45, 2.75) is 31.9 Å². The van der Waals surface area contributed by atoms with E-state index in [1.54, 1.807) is 32.1 Å². The lowest BCUT2D eigenvalue weighted by molar-refractivity contribution is -0.111. The van der Waals surface area contributed by atoms with Crippen molar-refractivity contribution in [1.82, 2.24) is 14.9 Å². The first-order valence-corrected chi connectivity index (χ1v) is 14.4. The van der Waals surface area contributed by atoms with Crippen molar-refractivity contribution < 1.29 is 19.5 Å². The molecule has 2 heterocycles. The molecule has 0 spiro atoms. The minimum Gasteiger partial charge on any atom is -0.494 e. The Hall–Kier alpha value is -4.63. The summed E-state index contributed by atoms with van der Waals surface area (Å²) in [6.45, 7) is 9.00. The average Bonchev–Trinajstić information content (AvgIpc) is 3.49. The van der Waals surface area contributed by atoms with E-state index in [1.165, 1.54) is 12.4 Å². The highest BCUT2D eigenvalue weighted by atomic mass is 16.7. The quantitative estimate of drug-likeness (QED) is 0.217. The highest BCUT2D eigenvalue weighted by Crippen LogP contribution is 2.39. The van der Waals surface area contributed by atoms with Crippen molar-refractivity contribution in [2.75, 3.05) is 68.5 Å². The molecule has 0 unspecified atom stereocenters. The second-order valence-electron chi connectivity index (χ2n) is 11.3. The first-order valence-electron chi connectivity index (χ1n) is 14.4. The molecule has 1 fully saturated rings. The molecular formula is C33H41N7O4.